The summed E-state index contributed by atoms with van der Waals surface area (Å²) in [6.07, 6.45) is 3.61. The van der Waals surface area contributed by atoms with Gasteiger partial charge in [0.2, 0.25) is 11.1 Å². The molecule has 0 radical (unpaired) electrons. The second-order valence-electron chi connectivity index (χ2n) is 4.56. The van der Waals surface area contributed by atoms with Crippen LogP contribution in [-0.2, 0) is 4.79 Å². The predicted molar refractivity (Wildman–Crippen MR) is 81.3 cm³/mol. The molecule has 0 saturated carbocycles. The fraction of sp³-hybridized carbons (Fsp3) is 0.462. The number of carbonyl (C=O) groups excluding carboxylic acids is 1. The lowest BCUT2D eigenvalue weighted by atomic mass is 10.2. The van der Waals surface area contributed by atoms with Crippen molar-refractivity contribution in [2.45, 2.75) is 31.8 Å². The van der Waals surface area contributed by atoms with Gasteiger partial charge in [-0.3, -0.25) is 4.79 Å². The van der Waals surface area contributed by atoms with Crippen molar-refractivity contribution in [1.29, 1.82) is 0 Å². The molecule has 0 atom stereocenters. The molecule has 2 aromatic heterocycles. The van der Waals surface area contributed by atoms with Crippen molar-refractivity contribution in [3.05, 3.63) is 18.1 Å². The Labute approximate surface area is 127 Å². The van der Waals surface area contributed by atoms with Crippen molar-refractivity contribution in [1.82, 2.24) is 20.2 Å². The van der Waals surface area contributed by atoms with Crippen molar-refractivity contribution < 1.29 is 9.21 Å². The van der Waals surface area contributed by atoms with E-state index < -0.39 is 0 Å². The molecule has 0 aliphatic rings. The van der Waals surface area contributed by atoms with Crippen LogP contribution in [0.25, 0.3) is 11.4 Å². The minimum Gasteiger partial charge on any atom is -0.469 e. The highest BCUT2D eigenvalue weighted by molar-refractivity contribution is 7.99. The van der Waals surface area contributed by atoms with Crippen molar-refractivity contribution in [2.75, 3.05) is 18.1 Å². The highest BCUT2D eigenvalue weighted by atomic mass is 32.2. The number of rotatable bonds is 7. The summed E-state index contributed by atoms with van der Waals surface area (Å²) in [4.78, 5) is 11.6. The Bertz CT molecular complexity index is 607. The van der Waals surface area contributed by atoms with Gasteiger partial charge in [0.25, 0.3) is 0 Å². The third-order valence-corrected chi connectivity index (χ3v) is 3.89. The number of hydrogen-bond acceptors (Lipinski definition) is 6. The molecular formula is C13H19N5O2S. The van der Waals surface area contributed by atoms with Gasteiger partial charge in [-0.25, -0.2) is 4.68 Å². The lowest BCUT2D eigenvalue weighted by Gasteiger charge is -2.04. The molecule has 3 N–H and O–H groups in total. The number of aromatic nitrogens is 3. The molecule has 2 rings (SSSR count). The first kappa shape index (κ1) is 15.4. The molecule has 0 unspecified atom stereocenters. The topological polar surface area (TPSA) is 99.0 Å². The molecule has 0 saturated heterocycles. The largest absolute Gasteiger partial charge is 0.469 e. The quantitative estimate of drug-likeness (QED) is 0.457. The number of thioether (sulfide) groups is 1. The molecule has 7 nitrogen and oxygen atoms in total. The summed E-state index contributed by atoms with van der Waals surface area (Å²) in [7, 11) is 0. The van der Waals surface area contributed by atoms with Crippen LogP contribution in [0.4, 0.5) is 0 Å². The number of nitrogens with zero attached hydrogens (tertiary/aromatic N) is 3. The van der Waals surface area contributed by atoms with Crippen molar-refractivity contribution in [3.8, 4) is 11.4 Å². The van der Waals surface area contributed by atoms with Crippen LogP contribution in [0.5, 0.6) is 0 Å². The fourth-order valence-corrected chi connectivity index (χ4v) is 2.45. The van der Waals surface area contributed by atoms with E-state index in [-0.39, 0.29) is 11.7 Å². The summed E-state index contributed by atoms with van der Waals surface area (Å²) in [6.45, 7) is 4.61. The van der Waals surface area contributed by atoms with Gasteiger partial charge in [-0.15, -0.1) is 10.2 Å². The number of unbranched alkanes of at least 4 members (excludes halogenated alkanes) is 1. The van der Waals surface area contributed by atoms with Gasteiger partial charge in [0.05, 0.1) is 17.6 Å². The molecule has 21 heavy (non-hydrogen) atoms. The maximum Gasteiger partial charge on any atom is 0.230 e. The van der Waals surface area contributed by atoms with Crippen LogP contribution in [0.3, 0.4) is 0 Å². The van der Waals surface area contributed by atoms with Gasteiger partial charge in [-0.1, -0.05) is 25.1 Å². The van der Waals surface area contributed by atoms with Gasteiger partial charge >= 0.3 is 0 Å². The molecule has 114 valence electrons. The molecule has 0 aliphatic carbocycles. The van der Waals surface area contributed by atoms with Crippen molar-refractivity contribution in [3.63, 3.8) is 0 Å². The normalized spacial score (nSPS) is 10.8. The van der Waals surface area contributed by atoms with Crippen molar-refractivity contribution in [2.24, 2.45) is 0 Å². The van der Waals surface area contributed by atoms with E-state index in [9.17, 15) is 4.79 Å². The Hall–Kier alpha value is -1.96. The molecule has 2 heterocycles. The third-order valence-electron chi connectivity index (χ3n) is 2.95. The second kappa shape index (κ2) is 7.16. The standard InChI is InChI=1S/C13H19N5O2S/c1-3-4-6-15-11(19)8-21-13-17-16-12(18(13)14)10-5-7-20-9(10)2/h5,7H,3-4,6,8,14H2,1-2H3,(H,15,19). The SMILES string of the molecule is CCCCNC(=O)CSc1nnc(-c2ccoc2C)n1N. The van der Waals surface area contributed by atoms with E-state index in [2.05, 4.69) is 22.4 Å². The van der Waals surface area contributed by atoms with Crippen LogP contribution >= 0.6 is 11.8 Å². The van der Waals surface area contributed by atoms with Crippen molar-refractivity contribution >= 4 is 17.7 Å². The molecule has 2 aromatic rings. The first-order valence-electron chi connectivity index (χ1n) is 6.78. The van der Waals surface area contributed by atoms with E-state index in [1.807, 2.05) is 6.92 Å². The summed E-state index contributed by atoms with van der Waals surface area (Å²) in [5, 5.41) is 11.4. The van der Waals surface area contributed by atoms with Gasteiger partial charge in [0.15, 0.2) is 5.82 Å². The summed E-state index contributed by atoms with van der Waals surface area (Å²) in [5.74, 6) is 7.45. The summed E-state index contributed by atoms with van der Waals surface area (Å²) in [5.41, 5.74) is 0.796. The summed E-state index contributed by atoms with van der Waals surface area (Å²) >= 11 is 1.26. The maximum atomic E-state index is 11.6. The Morgan fingerprint density at radius 3 is 3.00 bits per heavy atom. The molecule has 0 aliphatic heterocycles. The van der Waals surface area contributed by atoms with Gasteiger partial charge in [0.1, 0.15) is 5.76 Å². The third kappa shape index (κ3) is 3.78. The minimum absolute atomic E-state index is 0.0301. The zero-order valence-electron chi connectivity index (χ0n) is 12.1. The fourth-order valence-electron chi connectivity index (χ4n) is 1.76. The van der Waals surface area contributed by atoms with E-state index in [1.165, 1.54) is 16.4 Å². The van der Waals surface area contributed by atoms with Crippen LogP contribution in [-0.4, -0.2) is 33.1 Å². The second-order valence-corrected chi connectivity index (χ2v) is 5.50. The number of carbonyl (C=O) groups is 1. The van der Waals surface area contributed by atoms with Crippen LogP contribution in [0, 0.1) is 6.92 Å². The number of hydrogen-bond donors (Lipinski definition) is 2. The molecule has 0 aromatic carbocycles. The van der Waals surface area contributed by atoms with Crippen LogP contribution in [0.1, 0.15) is 25.5 Å². The molecule has 0 spiro atoms. The van der Waals surface area contributed by atoms with Crippen LogP contribution in [0.2, 0.25) is 0 Å². The Kier molecular flexibility index (Phi) is 5.26. The molecular weight excluding hydrogens is 290 g/mol. The minimum atomic E-state index is -0.0301. The van der Waals surface area contributed by atoms with E-state index in [1.54, 1.807) is 12.3 Å². The average Bonchev–Trinajstić information content (AvgIpc) is 3.03. The van der Waals surface area contributed by atoms with Gasteiger partial charge in [-0.05, 0) is 19.4 Å². The van der Waals surface area contributed by atoms with Gasteiger partial charge in [-0.2, -0.15) is 0 Å². The zero-order valence-corrected chi connectivity index (χ0v) is 12.9. The highest BCUT2D eigenvalue weighted by Crippen LogP contribution is 2.24. The monoisotopic (exact) mass is 309 g/mol. The van der Waals surface area contributed by atoms with E-state index in [4.69, 9.17) is 10.3 Å². The Balaban J connectivity index is 1.95. The summed E-state index contributed by atoms with van der Waals surface area (Å²) < 4.78 is 6.61. The predicted octanol–water partition coefficient (Wildman–Crippen LogP) is 1.57. The molecule has 8 heteroatoms. The number of nitrogens with one attached hydrogen (secondary N) is 1. The molecule has 0 fully saturated rings. The first-order chi connectivity index (χ1) is 10.1. The Morgan fingerprint density at radius 1 is 1.52 bits per heavy atom. The number of furan rings is 1. The van der Waals surface area contributed by atoms with E-state index in [0.29, 0.717) is 17.5 Å². The van der Waals surface area contributed by atoms with E-state index >= 15 is 0 Å². The molecule has 0 bridgehead atoms. The summed E-state index contributed by atoms with van der Waals surface area (Å²) in [6, 6.07) is 1.79. The van der Waals surface area contributed by atoms with Crippen LogP contribution < -0.4 is 11.2 Å². The maximum absolute atomic E-state index is 11.6. The first-order valence-corrected chi connectivity index (χ1v) is 7.76. The average molecular weight is 309 g/mol. The number of aryl methyl sites for hydroxylation is 1. The number of amides is 1. The lowest BCUT2D eigenvalue weighted by molar-refractivity contribution is -0.118. The smallest absolute Gasteiger partial charge is 0.230 e. The van der Waals surface area contributed by atoms with Gasteiger partial charge < -0.3 is 15.6 Å². The lowest BCUT2D eigenvalue weighted by Crippen LogP contribution is -2.26. The van der Waals surface area contributed by atoms with Crippen LogP contribution in [0.15, 0.2) is 21.9 Å². The Morgan fingerprint density at radius 2 is 2.33 bits per heavy atom. The number of nitrogen functional groups attached to an aromatic ring is 1. The zero-order chi connectivity index (χ0) is 15.2. The highest BCUT2D eigenvalue weighted by Gasteiger charge is 2.16. The van der Waals surface area contributed by atoms with E-state index in [0.717, 1.165) is 24.2 Å². The van der Waals surface area contributed by atoms with Gasteiger partial charge in [0, 0.05) is 6.54 Å². The number of nitrogens with two attached hydrogens (primary N) is 1. The molecule has 1 amide bonds.